The molecule has 3 amide bonds. The van der Waals surface area contributed by atoms with Gasteiger partial charge in [-0.1, -0.05) is 12.1 Å². The molecule has 134 valence electrons. The summed E-state index contributed by atoms with van der Waals surface area (Å²) in [5.74, 6) is -0.310. The first-order valence-electron chi connectivity index (χ1n) is 8.02. The molecule has 0 aliphatic rings. The van der Waals surface area contributed by atoms with E-state index >= 15 is 0 Å². The predicted octanol–water partition coefficient (Wildman–Crippen LogP) is 1.73. The third-order valence-corrected chi connectivity index (χ3v) is 4.01. The van der Waals surface area contributed by atoms with Crippen molar-refractivity contribution in [1.29, 1.82) is 0 Å². The van der Waals surface area contributed by atoms with Crippen LogP contribution in [0.25, 0.3) is 11.0 Å². The maximum absolute atomic E-state index is 12.4. The van der Waals surface area contributed by atoms with Gasteiger partial charge in [0.25, 0.3) is 0 Å². The van der Waals surface area contributed by atoms with E-state index in [1.165, 1.54) is 16.2 Å². The van der Waals surface area contributed by atoms with Gasteiger partial charge in [0, 0.05) is 25.5 Å². The Hall–Kier alpha value is -3.55. The summed E-state index contributed by atoms with van der Waals surface area (Å²) < 4.78 is 2.95. The van der Waals surface area contributed by atoms with Gasteiger partial charge in [0.05, 0.1) is 11.0 Å². The topological polar surface area (TPSA) is 97.2 Å². The fraction of sp³-hybridized carbons (Fsp3) is 0.167. The van der Waals surface area contributed by atoms with Gasteiger partial charge in [-0.25, -0.2) is 9.59 Å². The minimum absolute atomic E-state index is 0.0849. The number of hydrogen-bond acceptors (Lipinski definition) is 3. The smallest absolute Gasteiger partial charge is 0.329 e. The number of hydrogen-bond donors (Lipinski definition) is 3. The average Bonchev–Trinajstić information content (AvgIpc) is 2.88. The standard InChI is InChI=1S/C18H19N5O3/c1-19-17(25)21-13-9-7-12(8-10-13)20-16(24)11-23-15-6-4-3-5-14(15)22(2)18(23)26/h3-10H,11H2,1-2H3,(H,20,24)(H2,19,21,25). The van der Waals surface area contributed by atoms with Gasteiger partial charge in [-0.2, -0.15) is 0 Å². The predicted molar refractivity (Wildman–Crippen MR) is 100 cm³/mol. The zero-order chi connectivity index (χ0) is 18.7. The Kier molecular flexibility index (Phi) is 4.74. The molecule has 0 saturated carbocycles. The summed E-state index contributed by atoms with van der Waals surface area (Å²) >= 11 is 0. The molecule has 0 unspecified atom stereocenters. The van der Waals surface area contributed by atoms with Crippen LogP contribution in [0.15, 0.2) is 53.3 Å². The molecule has 0 saturated heterocycles. The van der Waals surface area contributed by atoms with Crippen molar-refractivity contribution in [1.82, 2.24) is 14.5 Å². The van der Waals surface area contributed by atoms with Crippen LogP contribution in [0.5, 0.6) is 0 Å². The SMILES string of the molecule is CNC(=O)Nc1ccc(NC(=O)Cn2c(=O)n(C)c3ccccc32)cc1. The van der Waals surface area contributed by atoms with Gasteiger partial charge in [-0.15, -0.1) is 0 Å². The van der Waals surface area contributed by atoms with E-state index in [-0.39, 0.29) is 24.2 Å². The van der Waals surface area contributed by atoms with Crippen LogP contribution in [0.2, 0.25) is 0 Å². The van der Waals surface area contributed by atoms with E-state index in [1.54, 1.807) is 31.3 Å². The molecule has 0 radical (unpaired) electrons. The lowest BCUT2D eigenvalue weighted by Gasteiger charge is -2.08. The first kappa shape index (κ1) is 17.3. The number of aryl methyl sites for hydroxylation is 1. The lowest BCUT2D eigenvalue weighted by Crippen LogP contribution is -2.28. The number of anilines is 2. The number of carbonyl (C=O) groups excluding carboxylic acids is 2. The van der Waals surface area contributed by atoms with E-state index in [0.29, 0.717) is 16.9 Å². The molecule has 0 atom stereocenters. The molecule has 2 aromatic carbocycles. The van der Waals surface area contributed by atoms with Crippen LogP contribution in [0.4, 0.5) is 16.2 Å². The van der Waals surface area contributed by atoms with Gasteiger partial charge >= 0.3 is 11.7 Å². The van der Waals surface area contributed by atoms with E-state index in [0.717, 1.165) is 5.52 Å². The molecule has 26 heavy (non-hydrogen) atoms. The fourth-order valence-corrected chi connectivity index (χ4v) is 2.69. The number of nitrogens with zero attached hydrogens (tertiary/aromatic N) is 2. The number of fused-ring (bicyclic) bond motifs is 1. The highest BCUT2D eigenvalue weighted by molar-refractivity contribution is 5.93. The van der Waals surface area contributed by atoms with Crippen LogP contribution in [-0.2, 0) is 18.4 Å². The maximum atomic E-state index is 12.4. The number of aromatic nitrogens is 2. The summed E-state index contributed by atoms with van der Waals surface area (Å²) in [4.78, 5) is 35.9. The highest BCUT2D eigenvalue weighted by atomic mass is 16.2. The number of rotatable bonds is 4. The van der Waals surface area contributed by atoms with Crippen LogP contribution < -0.4 is 21.6 Å². The lowest BCUT2D eigenvalue weighted by atomic mass is 10.2. The summed E-state index contributed by atoms with van der Waals surface area (Å²) in [7, 11) is 3.20. The molecule has 1 heterocycles. The third kappa shape index (κ3) is 3.44. The van der Waals surface area contributed by atoms with Crippen LogP contribution in [0.3, 0.4) is 0 Å². The largest absolute Gasteiger partial charge is 0.341 e. The fourth-order valence-electron chi connectivity index (χ4n) is 2.69. The molecule has 8 heteroatoms. The molecule has 3 rings (SSSR count). The Labute approximate surface area is 149 Å². The first-order valence-corrected chi connectivity index (χ1v) is 8.02. The summed E-state index contributed by atoms with van der Waals surface area (Å²) in [6.45, 7) is -0.0849. The molecule has 8 nitrogen and oxygen atoms in total. The van der Waals surface area contributed by atoms with Gasteiger partial charge in [-0.3, -0.25) is 13.9 Å². The number of imidazole rings is 1. The van der Waals surface area contributed by atoms with Crippen molar-refractivity contribution in [3.63, 3.8) is 0 Å². The van der Waals surface area contributed by atoms with Crippen molar-refractivity contribution in [3.05, 3.63) is 59.0 Å². The van der Waals surface area contributed by atoms with Crippen molar-refractivity contribution in [2.75, 3.05) is 17.7 Å². The normalized spacial score (nSPS) is 10.5. The minimum atomic E-state index is -0.322. The van der Waals surface area contributed by atoms with Gasteiger partial charge in [0.1, 0.15) is 6.54 Å². The zero-order valence-electron chi connectivity index (χ0n) is 14.4. The van der Waals surface area contributed by atoms with Crippen LogP contribution in [0, 0.1) is 0 Å². The highest BCUT2D eigenvalue weighted by Gasteiger charge is 2.13. The molecule has 0 aliphatic heterocycles. The zero-order valence-corrected chi connectivity index (χ0v) is 14.4. The molecular weight excluding hydrogens is 334 g/mol. The second-order valence-corrected chi connectivity index (χ2v) is 5.75. The van der Waals surface area contributed by atoms with Crippen molar-refractivity contribution < 1.29 is 9.59 Å². The number of nitrogens with one attached hydrogen (secondary N) is 3. The van der Waals surface area contributed by atoms with Crippen molar-refractivity contribution >= 4 is 34.3 Å². The van der Waals surface area contributed by atoms with Crippen LogP contribution in [-0.4, -0.2) is 28.1 Å². The maximum Gasteiger partial charge on any atom is 0.329 e. The Balaban J connectivity index is 1.73. The lowest BCUT2D eigenvalue weighted by molar-refractivity contribution is -0.116. The number of urea groups is 1. The molecule has 3 aromatic rings. The van der Waals surface area contributed by atoms with E-state index in [9.17, 15) is 14.4 Å². The highest BCUT2D eigenvalue weighted by Crippen LogP contribution is 2.14. The van der Waals surface area contributed by atoms with E-state index in [4.69, 9.17) is 0 Å². The van der Waals surface area contributed by atoms with Gasteiger partial charge in [-0.05, 0) is 36.4 Å². The van der Waals surface area contributed by atoms with Crippen molar-refractivity contribution in [3.8, 4) is 0 Å². The van der Waals surface area contributed by atoms with Crippen molar-refractivity contribution in [2.24, 2.45) is 7.05 Å². The first-order chi connectivity index (χ1) is 12.5. The Morgan fingerprint density at radius 2 is 1.50 bits per heavy atom. The molecule has 3 N–H and O–H groups in total. The van der Waals surface area contributed by atoms with Gasteiger partial charge in [0.2, 0.25) is 5.91 Å². The van der Waals surface area contributed by atoms with E-state index < -0.39 is 0 Å². The molecule has 0 aliphatic carbocycles. The van der Waals surface area contributed by atoms with Crippen LogP contribution in [0.1, 0.15) is 0 Å². The number of benzene rings is 2. The summed E-state index contributed by atoms with van der Waals surface area (Å²) in [5, 5.41) is 7.84. The molecule has 0 bridgehead atoms. The Morgan fingerprint density at radius 3 is 2.12 bits per heavy atom. The van der Waals surface area contributed by atoms with Gasteiger partial charge in [0.15, 0.2) is 0 Å². The molecule has 1 aromatic heterocycles. The molecule has 0 fully saturated rings. The monoisotopic (exact) mass is 353 g/mol. The summed E-state index contributed by atoms with van der Waals surface area (Å²) in [6, 6.07) is 13.7. The Morgan fingerprint density at radius 1 is 0.923 bits per heavy atom. The Bertz CT molecular complexity index is 1020. The molecular formula is C18H19N5O3. The third-order valence-electron chi connectivity index (χ3n) is 4.01. The van der Waals surface area contributed by atoms with E-state index in [1.807, 2.05) is 24.3 Å². The van der Waals surface area contributed by atoms with Crippen molar-refractivity contribution in [2.45, 2.75) is 6.54 Å². The minimum Gasteiger partial charge on any atom is -0.341 e. The summed E-state index contributed by atoms with van der Waals surface area (Å²) in [5.41, 5.74) is 2.42. The molecule has 0 spiro atoms. The van der Waals surface area contributed by atoms with Crippen LogP contribution >= 0.6 is 0 Å². The number of carbonyl (C=O) groups is 2. The second-order valence-electron chi connectivity index (χ2n) is 5.75. The van der Waals surface area contributed by atoms with Gasteiger partial charge < -0.3 is 16.0 Å². The summed E-state index contributed by atoms with van der Waals surface area (Å²) in [6.07, 6.45) is 0. The number of para-hydroxylation sites is 2. The average molecular weight is 353 g/mol. The second kappa shape index (κ2) is 7.14. The quantitative estimate of drug-likeness (QED) is 0.666. The van der Waals surface area contributed by atoms with E-state index in [2.05, 4.69) is 16.0 Å². The number of amides is 3.